The number of aryl methyl sites for hydroxylation is 3. The van der Waals surface area contributed by atoms with E-state index in [1.165, 1.54) is 4.90 Å². The largest absolute Gasteiger partial charge is 0.493 e. The molecule has 0 saturated carbocycles. The van der Waals surface area contributed by atoms with Crippen molar-refractivity contribution in [1.82, 2.24) is 0 Å². The van der Waals surface area contributed by atoms with E-state index < -0.39 is 0 Å². The van der Waals surface area contributed by atoms with Crippen LogP contribution in [-0.4, -0.2) is 18.4 Å². The zero-order valence-electron chi connectivity index (χ0n) is 20.3. The van der Waals surface area contributed by atoms with Crippen LogP contribution < -0.4 is 15.0 Å². The van der Waals surface area contributed by atoms with Gasteiger partial charge in [0.15, 0.2) is 0 Å². The molecule has 0 bridgehead atoms. The molecule has 0 atom stereocenters. The average molecular weight is 455 g/mol. The number of hydrogen-bond donors (Lipinski definition) is 1. The summed E-state index contributed by atoms with van der Waals surface area (Å²) in [7, 11) is 0. The SMILES string of the molecule is Cc1ccc(C2=C(Nc3ccc(C)cc3C)C(=O)N(c3ccc(OCC(C)C)cc3)C2=O)cc1. The fourth-order valence-corrected chi connectivity index (χ4v) is 3.91. The van der Waals surface area contributed by atoms with Crippen molar-refractivity contribution >= 4 is 28.8 Å². The molecule has 1 aliphatic heterocycles. The van der Waals surface area contributed by atoms with Crippen LogP contribution in [0, 0.1) is 26.7 Å². The minimum absolute atomic E-state index is 0.279. The Labute approximate surface area is 201 Å². The Morgan fingerprint density at radius 2 is 1.47 bits per heavy atom. The van der Waals surface area contributed by atoms with Gasteiger partial charge in [-0.1, -0.05) is 61.4 Å². The summed E-state index contributed by atoms with van der Waals surface area (Å²) in [6.07, 6.45) is 0. The molecule has 0 aromatic heterocycles. The van der Waals surface area contributed by atoms with Crippen LogP contribution >= 0.6 is 0 Å². The highest BCUT2D eigenvalue weighted by Gasteiger charge is 2.40. The van der Waals surface area contributed by atoms with Gasteiger partial charge in [0.25, 0.3) is 11.8 Å². The first kappa shape index (κ1) is 23.3. The summed E-state index contributed by atoms with van der Waals surface area (Å²) in [4.78, 5) is 28.4. The first-order chi connectivity index (χ1) is 16.2. The third-order valence-electron chi connectivity index (χ3n) is 5.74. The Bertz CT molecular complexity index is 1260. The number of nitrogens with one attached hydrogen (secondary N) is 1. The van der Waals surface area contributed by atoms with E-state index in [1.54, 1.807) is 24.3 Å². The lowest BCUT2D eigenvalue weighted by Gasteiger charge is -2.17. The van der Waals surface area contributed by atoms with Crippen molar-refractivity contribution < 1.29 is 14.3 Å². The maximum atomic E-state index is 13.6. The summed E-state index contributed by atoms with van der Waals surface area (Å²) in [6, 6.07) is 20.7. The van der Waals surface area contributed by atoms with E-state index in [-0.39, 0.29) is 17.5 Å². The number of imide groups is 1. The highest BCUT2D eigenvalue weighted by atomic mass is 16.5. The predicted molar refractivity (Wildman–Crippen MR) is 137 cm³/mol. The molecule has 0 radical (unpaired) electrons. The van der Waals surface area contributed by atoms with Crippen molar-refractivity contribution in [2.45, 2.75) is 34.6 Å². The van der Waals surface area contributed by atoms with E-state index in [1.807, 2.05) is 63.2 Å². The molecule has 0 unspecified atom stereocenters. The van der Waals surface area contributed by atoms with Gasteiger partial charge in [-0.05, 0) is 68.1 Å². The van der Waals surface area contributed by atoms with Gasteiger partial charge in [-0.15, -0.1) is 0 Å². The summed E-state index contributed by atoms with van der Waals surface area (Å²) in [5, 5.41) is 3.27. The molecule has 1 N–H and O–H groups in total. The van der Waals surface area contributed by atoms with Crippen LogP contribution in [0.2, 0.25) is 0 Å². The number of ether oxygens (including phenoxy) is 1. The van der Waals surface area contributed by atoms with E-state index in [0.29, 0.717) is 35.1 Å². The van der Waals surface area contributed by atoms with Gasteiger partial charge in [0.2, 0.25) is 0 Å². The summed E-state index contributed by atoms with van der Waals surface area (Å²) < 4.78 is 5.75. The monoisotopic (exact) mass is 454 g/mol. The molecule has 0 aliphatic carbocycles. The summed E-state index contributed by atoms with van der Waals surface area (Å²) in [5.41, 5.74) is 5.87. The van der Waals surface area contributed by atoms with E-state index >= 15 is 0 Å². The number of nitrogens with zero attached hydrogens (tertiary/aromatic N) is 1. The smallest absolute Gasteiger partial charge is 0.282 e. The zero-order chi connectivity index (χ0) is 24.4. The standard InChI is InChI=1S/C29H30N2O3/c1-18(2)17-34-24-13-11-23(12-14-24)31-28(32)26(22-9-6-19(3)7-10-22)27(29(31)33)30-25-15-8-20(4)16-21(25)5/h6-16,18,30H,17H2,1-5H3. The quantitative estimate of drug-likeness (QED) is 0.442. The molecule has 0 spiro atoms. The van der Waals surface area contributed by atoms with Gasteiger partial charge in [0, 0.05) is 5.69 Å². The highest BCUT2D eigenvalue weighted by molar-refractivity contribution is 6.46. The van der Waals surface area contributed by atoms with Gasteiger partial charge in [-0.3, -0.25) is 9.59 Å². The van der Waals surface area contributed by atoms with Gasteiger partial charge in [-0.25, -0.2) is 4.90 Å². The van der Waals surface area contributed by atoms with E-state index in [4.69, 9.17) is 4.74 Å². The Balaban J connectivity index is 1.72. The van der Waals surface area contributed by atoms with Gasteiger partial charge >= 0.3 is 0 Å². The molecule has 3 aromatic rings. The zero-order valence-corrected chi connectivity index (χ0v) is 20.3. The van der Waals surface area contributed by atoms with Crippen LogP contribution in [0.1, 0.15) is 36.1 Å². The topological polar surface area (TPSA) is 58.6 Å². The lowest BCUT2D eigenvalue weighted by atomic mass is 10.0. The third-order valence-corrected chi connectivity index (χ3v) is 5.74. The Hall–Kier alpha value is -3.86. The van der Waals surface area contributed by atoms with Crippen LogP contribution in [0.25, 0.3) is 5.57 Å². The number of carbonyl (C=O) groups excluding carboxylic acids is 2. The maximum absolute atomic E-state index is 13.6. The second kappa shape index (κ2) is 9.56. The maximum Gasteiger partial charge on any atom is 0.282 e. The van der Waals surface area contributed by atoms with Gasteiger partial charge in [0.05, 0.1) is 17.9 Å². The highest BCUT2D eigenvalue weighted by Crippen LogP contribution is 2.35. The molecule has 0 fully saturated rings. The number of carbonyl (C=O) groups is 2. The first-order valence-electron chi connectivity index (χ1n) is 11.5. The molecular formula is C29H30N2O3. The Kier molecular flexibility index (Phi) is 6.55. The predicted octanol–water partition coefficient (Wildman–Crippen LogP) is 6.04. The molecule has 3 aromatic carbocycles. The molecular weight excluding hydrogens is 424 g/mol. The minimum atomic E-state index is -0.378. The van der Waals surface area contributed by atoms with Crippen molar-refractivity contribution in [2.75, 3.05) is 16.8 Å². The molecule has 2 amide bonds. The molecule has 1 aliphatic rings. The molecule has 34 heavy (non-hydrogen) atoms. The van der Waals surface area contributed by atoms with Crippen LogP contribution in [0.5, 0.6) is 5.75 Å². The number of hydrogen-bond acceptors (Lipinski definition) is 4. The van der Waals surface area contributed by atoms with Gasteiger partial charge in [0.1, 0.15) is 11.4 Å². The molecule has 4 rings (SSSR count). The number of benzene rings is 3. The summed E-state index contributed by atoms with van der Waals surface area (Å²) in [5.74, 6) is 0.381. The van der Waals surface area contributed by atoms with Crippen molar-refractivity contribution in [3.8, 4) is 5.75 Å². The molecule has 1 heterocycles. The Morgan fingerprint density at radius 1 is 0.824 bits per heavy atom. The number of amides is 2. The number of rotatable bonds is 7. The molecule has 0 saturated heterocycles. The first-order valence-corrected chi connectivity index (χ1v) is 11.5. The van der Waals surface area contributed by atoms with Gasteiger partial charge in [-0.2, -0.15) is 0 Å². The van der Waals surface area contributed by atoms with Gasteiger partial charge < -0.3 is 10.1 Å². The van der Waals surface area contributed by atoms with E-state index in [2.05, 4.69) is 19.2 Å². The van der Waals surface area contributed by atoms with Crippen LogP contribution in [0.3, 0.4) is 0 Å². The summed E-state index contributed by atoms with van der Waals surface area (Å²) in [6.45, 7) is 10.8. The molecule has 5 nitrogen and oxygen atoms in total. The average Bonchev–Trinajstić information content (AvgIpc) is 3.04. The minimum Gasteiger partial charge on any atom is -0.493 e. The lowest BCUT2D eigenvalue weighted by molar-refractivity contribution is -0.120. The Morgan fingerprint density at radius 3 is 2.09 bits per heavy atom. The lowest BCUT2D eigenvalue weighted by Crippen LogP contribution is -2.32. The van der Waals surface area contributed by atoms with Crippen molar-refractivity contribution in [3.63, 3.8) is 0 Å². The van der Waals surface area contributed by atoms with E-state index in [9.17, 15) is 9.59 Å². The van der Waals surface area contributed by atoms with Crippen molar-refractivity contribution in [3.05, 3.63) is 94.7 Å². The second-order valence-corrected chi connectivity index (χ2v) is 9.20. The molecule has 5 heteroatoms. The summed E-state index contributed by atoms with van der Waals surface area (Å²) >= 11 is 0. The molecule has 174 valence electrons. The van der Waals surface area contributed by atoms with Crippen LogP contribution in [0.15, 0.2) is 72.4 Å². The second-order valence-electron chi connectivity index (χ2n) is 9.20. The fraction of sp³-hybridized carbons (Fsp3) is 0.241. The normalized spacial score (nSPS) is 13.8. The van der Waals surface area contributed by atoms with Crippen molar-refractivity contribution in [1.29, 1.82) is 0 Å². The van der Waals surface area contributed by atoms with Crippen LogP contribution in [-0.2, 0) is 9.59 Å². The number of anilines is 2. The van der Waals surface area contributed by atoms with Crippen LogP contribution in [0.4, 0.5) is 11.4 Å². The third kappa shape index (κ3) is 4.74. The van der Waals surface area contributed by atoms with Crippen molar-refractivity contribution in [2.24, 2.45) is 5.92 Å². The fourth-order valence-electron chi connectivity index (χ4n) is 3.91. The van der Waals surface area contributed by atoms with E-state index in [0.717, 1.165) is 22.4 Å².